The van der Waals surface area contributed by atoms with Gasteiger partial charge in [0.15, 0.2) is 0 Å². The zero-order valence-electron chi connectivity index (χ0n) is 13.4. The van der Waals surface area contributed by atoms with Crippen molar-refractivity contribution in [3.8, 4) is 0 Å². The maximum Gasteiger partial charge on any atom is 0.331 e. The number of urea groups is 1. The Kier molecular flexibility index (Phi) is 4.95. The summed E-state index contributed by atoms with van der Waals surface area (Å²) in [6.07, 6.45) is 4.85. The van der Waals surface area contributed by atoms with Gasteiger partial charge in [-0.05, 0) is 30.7 Å². The molecule has 2 rings (SSSR count). The van der Waals surface area contributed by atoms with Crippen molar-refractivity contribution >= 4 is 29.6 Å². The molecule has 0 spiro atoms. The lowest BCUT2D eigenvalue weighted by molar-refractivity contribution is -0.130. The molecule has 120 valence electrons. The molecule has 1 aliphatic heterocycles. The molecule has 0 aliphatic carbocycles. The van der Waals surface area contributed by atoms with Crippen molar-refractivity contribution in [1.82, 2.24) is 10.2 Å². The van der Waals surface area contributed by atoms with Crippen molar-refractivity contribution in [2.45, 2.75) is 6.92 Å². The average Bonchev–Trinajstić information content (AvgIpc) is 2.51. The van der Waals surface area contributed by atoms with Crippen LogP contribution in [0.2, 0.25) is 0 Å². The number of benzene rings is 1. The van der Waals surface area contributed by atoms with Gasteiger partial charge in [-0.2, -0.15) is 0 Å². The van der Waals surface area contributed by atoms with E-state index in [4.69, 9.17) is 0 Å². The summed E-state index contributed by atoms with van der Waals surface area (Å²) in [6, 6.07) is 7.14. The fraction of sp³-hybridized carbons (Fsp3) is 0.235. The van der Waals surface area contributed by atoms with Gasteiger partial charge in [-0.1, -0.05) is 24.3 Å². The number of carbonyl (C=O) groups excluding carboxylic acids is 3. The lowest BCUT2D eigenvalue weighted by Crippen LogP contribution is -2.53. The molecule has 1 aromatic rings. The zero-order chi connectivity index (χ0) is 17.0. The minimum absolute atomic E-state index is 0.0496. The van der Waals surface area contributed by atoms with E-state index in [0.29, 0.717) is 0 Å². The third kappa shape index (κ3) is 3.66. The second-order valence-electron chi connectivity index (χ2n) is 5.24. The number of allylic oxidation sites excluding steroid dienone is 2. The topological polar surface area (TPSA) is 69.7 Å². The first kappa shape index (κ1) is 16.5. The molecule has 0 unspecified atom stereocenters. The van der Waals surface area contributed by atoms with Crippen LogP contribution in [-0.2, 0) is 9.59 Å². The third-order valence-corrected chi connectivity index (χ3v) is 3.44. The van der Waals surface area contributed by atoms with E-state index < -0.39 is 17.8 Å². The van der Waals surface area contributed by atoms with E-state index in [2.05, 4.69) is 5.32 Å². The molecule has 0 saturated carbocycles. The molecule has 1 aromatic carbocycles. The Labute approximate surface area is 135 Å². The van der Waals surface area contributed by atoms with Crippen molar-refractivity contribution in [2.24, 2.45) is 0 Å². The summed E-state index contributed by atoms with van der Waals surface area (Å²) in [7, 11) is 3.90. The molecule has 0 aromatic heterocycles. The number of carbonyl (C=O) groups is 3. The largest absolute Gasteiger partial charge is 0.378 e. The molecular weight excluding hydrogens is 294 g/mol. The van der Waals surface area contributed by atoms with Crippen molar-refractivity contribution in [3.63, 3.8) is 0 Å². The van der Waals surface area contributed by atoms with Crippen LogP contribution < -0.4 is 10.2 Å². The first-order valence-corrected chi connectivity index (χ1v) is 7.27. The molecule has 1 fully saturated rings. The summed E-state index contributed by atoms with van der Waals surface area (Å²) in [5, 5.41) is 2.15. The average molecular weight is 313 g/mol. The van der Waals surface area contributed by atoms with E-state index in [1.807, 2.05) is 43.3 Å². The van der Waals surface area contributed by atoms with Crippen molar-refractivity contribution in [2.75, 3.05) is 25.5 Å². The van der Waals surface area contributed by atoms with E-state index in [-0.39, 0.29) is 12.1 Å². The van der Waals surface area contributed by atoms with Crippen LogP contribution in [0, 0.1) is 0 Å². The number of nitrogens with one attached hydrogen (secondary N) is 1. The second kappa shape index (κ2) is 6.91. The van der Waals surface area contributed by atoms with Gasteiger partial charge in [0.05, 0.1) is 0 Å². The maximum atomic E-state index is 12.1. The Balaban J connectivity index is 2.21. The van der Waals surface area contributed by atoms with Gasteiger partial charge >= 0.3 is 6.03 Å². The predicted octanol–water partition coefficient (Wildman–Crippen LogP) is 1.79. The lowest BCUT2D eigenvalue weighted by atomic mass is 10.1. The summed E-state index contributed by atoms with van der Waals surface area (Å²) < 4.78 is 0. The number of amides is 4. The van der Waals surface area contributed by atoms with Crippen LogP contribution in [0.3, 0.4) is 0 Å². The van der Waals surface area contributed by atoms with Crippen LogP contribution in [0.25, 0.3) is 6.08 Å². The van der Waals surface area contributed by atoms with Crippen LogP contribution in [0.5, 0.6) is 0 Å². The van der Waals surface area contributed by atoms with Crippen LogP contribution in [-0.4, -0.2) is 43.4 Å². The van der Waals surface area contributed by atoms with Crippen LogP contribution in [0.15, 0.2) is 42.0 Å². The van der Waals surface area contributed by atoms with Crippen LogP contribution in [0.1, 0.15) is 12.5 Å². The minimum atomic E-state index is -0.678. The molecule has 0 radical (unpaired) electrons. The monoisotopic (exact) mass is 313 g/mol. The number of nitrogens with zero attached hydrogens (tertiary/aromatic N) is 2. The normalized spacial score (nSPS) is 17.1. The predicted molar refractivity (Wildman–Crippen MR) is 88.8 cm³/mol. The molecule has 4 amide bonds. The quantitative estimate of drug-likeness (QED) is 0.679. The molecule has 0 bridgehead atoms. The molecular formula is C17H19N3O3. The fourth-order valence-corrected chi connectivity index (χ4v) is 2.16. The van der Waals surface area contributed by atoms with Gasteiger partial charge in [-0.3, -0.25) is 19.8 Å². The summed E-state index contributed by atoms with van der Waals surface area (Å²) >= 11 is 0. The summed E-state index contributed by atoms with van der Waals surface area (Å²) in [5.74, 6) is -1.25. The Hall–Kier alpha value is -2.89. The number of rotatable bonds is 4. The van der Waals surface area contributed by atoms with Gasteiger partial charge < -0.3 is 4.90 Å². The summed E-state index contributed by atoms with van der Waals surface area (Å²) in [4.78, 5) is 38.4. The van der Waals surface area contributed by atoms with Crippen LogP contribution >= 0.6 is 0 Å². The molecule has 6 nitrogen and oxygen atoms in total. The minimum Gasteiger partial charge on any atom is -0.378 e. The van der Waals surface area contributed by atoms with Gasteiger partial charge in [0.1, 0.15) is 5.57 Å². The van der Waals surface area contributed by atoms with Gasteiger partial charge in [-0.25, -0.2) is 4.79 Å². The molecule has 1 heterocycles. The number of anilines is 1. The Morgan fingerprint density at radius 3 is 2.61 bits per heavy atom. The highest BCUT2D eigenvalue weighted by molar-refractivity contribution is 6.28. The molecule has 1 saturated heterocycles. The van der Waals surface area contributed by atoms with E-state index in [1.165, 1.54) is 6.08 Å². The third-order valence-electron chi connectivity index (χ3n) is 3.44. The van der Waals surface area contributed by atoms with Crippen LogP contribution in [0.4, 0.5) is 10.5 Å². The molecule has 1 aliphatic rings. The first-order valence-electron chi connectivity index (χ1n) is 7.27. The number of hydrogen-bond acceptors (Lipinski definition) is 4. The summed E-state index contributed by atoms with van der Waals surface area (Å²) in [5.41, 5.74) is 1.95. The summed E-state index contributed by atoms with van der Waals surface area (Å²) in [6.45, 7) is 1.89. The lowest BCUT2D eigenvalue weighted by Gasteiger charge is -2.24. The standard InChI is InChI=1S/C17H19N3O3/c1-4-20-16(22)14(15(21)18-17(20)23)10-6-8-12-7-5-9-13(11-12)19(2)3/h5-11H,4H2,1-3H3,(H,18,21,23). The number of hydrogen-bond donors (Lipinski definition) is 1. The Morgan fingerprint density at radius 2 is 1.96 bits per heavy atom. The number of barbiturate groups is 1. The Bertz CT molecular complexity index is 705. The highest BCUT2D eigenvalue weighted by atomic mass is 16.2. The second-order valence-corrected chi connectivity index (χ2v) is 5.24. The van der Waals surface area contributed by atoms with E-state index in [1.54, 1.807) is 19.1 Å². The first-order chi connectivity index (χ1) is 10.9. The van der Waals surface area contributed by atoms with Gasteiger partial charge in [-0.15, -0.1) is 0 Å². The molecule has 0 atom stereocenters. The number of imide groups is 2. The zero-order valence-corrected chi connectivity index (χ0v) is 13.4. The Morgan fingerprint density at radius 1 is 1.22 bits per heavy atom. The fourth-order valence-electron chi connectivity index (χ4n) is 2.16. The van der Waals surface area contributed by atoms with E-state index in [0.717, 1.165) is 16.2 Å². The van der Waals surface area contributed by atoms with Gasteiger partial charge in [0, 0.05) is 26.3 Å². The van der Waals surface area contributed by atoms with Gasteiger partial charge in [0.25, 0.3) is 11.8 Å². The van der Waals surface area contributed by atoms with Crippen molar-refractivity contribution in [3.05, 3.63) is 47.6 Å². The van der Waals surface area contributed by atoms with E-state index >= 15 is 0 Å². The van der Waals surface area contributed by atoms with E-state index in [9.17, 15) is 14.4 Å². The smallest absolute Gasteiger partial charge is 0.331 e. The molecule has 1 N–H and O–H groups in total. The van der Waals surface area contributed by atoms with Crippen molar-refractivity contribution in [1.29, 1.82) is 0 Å². The molecule has 23 heavy (non-hydrogen) atoms. The maximum absolute atomic E-state index is 12.1. The van der Waals surface area contributed by atoms with Crippen molar-refractivity contribution < 1.29 is 14.4 Å². The van der Waals surface area contributed by atoms with Gasteiger partial charge in [0.2, 0.25) is 0 Å². The number of likely N-dealkylation sites (N-methyl/N-ethyl adjacent to an activating group) is 1. The SMILES string of the molecule is CCN1C(=O)NC(=O)C(=CC=Cc2cccc(N(C)C)c2)C1=O. The highest BCUT2D eigenvalue weighted by Gasteiger charge is 2.34. The molecule has 6 heteroatoms. The highest BCUT2D eigenvalue weighted by Crippen LogP contribution is 2.15.